The van der Waals surface area contributed by atoms with Crippen LogP contribution in [0.15, 0.2) is 35.0 Å². The summed E-state index contributed by atoms with van der Waals surface area (Å²) in [6.45, 7) is 3.20. The fraction of sp³-hybridized carbons (Fsp3) is 0.389. The van der Waals surface area contributed by atoms with Crippen molar-refractivity contribution in [1.29, 1.82) is 0 Å². The van der Waals surface area contributed by atoms with Gasteiger partial charge in [-0.05, 0) is 36.9 Å². The van der Waals surface area contributed by atoms with Crippen molar-refractivity contribution in [2.75, 3.05) is 6.54 Å². The highest BCUT2D eigenvalue weighted by Gasteiger charge is 2.48. The van der Waals surface area contributed by atoms with Crippen LogP contribution in [0.5, 0.6) is 0 Å². The molecule has 2 aromatic rings. The van der Waals surface area contributed by atoms with E-state index in [-0.39, 0.29) is 23.9 Å². The number of fused-ring (bicyclic) bond motifs is 1. The number of hydrogen-bond acceptors (Lipinski definition) is 4. The van der Waals surface area contributed by atoms with Crippen LogP contribution >= 0.6 is 11.3 Å². The molecule has 2 saturated heterocycles. The van der Waals surface area contributed by atoms with Crippen molar-refractivity contribution in [3.05, 3.63) is 52.0 Å². The van der Waals surface area contributed by atoms with Gasteiger partial charge in [0, 0.05) is 24.0 Å². The zero-order valence-electron chi connectivity index (χ0n) is 13.5. The van der Waals surface area contributed by atoms with E-state index in [0.717, 1.165) is 29.9 Å². The van der Waals surface area contributed by atoms with E-state index in [1.807, 2.05) is 51.7 Å². The molecule has 5 nitrogen and oxygen atoms in total. The first-order chi connectivity index (χ1) is 11.6. The van der Waals surface area contributed by atoms with Crippen molar-refractivity contribution in [3.8, 4) is 0 Å². The predicted molar refractivity (Wildman–Crippen MR) is 91.7 cm³/mol. The van der Waals surface area contributed by atoms with E-state index in [1.165, 1.54) is 11.3 Å². The van der Waals surface area contributed by atoms with E-state index in [4.69, 9.17) is 0 Å². The molecule has 0 aromatic carbocycles. The molecule has 2 aromatic heterocycles. The molecule has 2 aliphatic heterocycles. The minimum absolute atomic E-state index is 0.00490. The normalized spacial score (nSPS) is 23.0. The summed E-state index contributed by atoms with van der Waals surface area (Å²) >= 11 is 1.52. The number of pyridine rings is 1. The number of aromatic nitrogens is 1. The molecule has 4 heterocycles. The van der Waals surface area contributed by atoms with Crippen LogP contribution in [0.2, 0.25) is 0 Å². The van der Waals surface area contributed by atoms with E-state index < -0.39 is 0 Å². The van der Waals surface area contributed by atoms with Crippen molar-refractivity contribution in [2.45, 2.75) is 38.4 Å². The second kappa shape index (κ2) is 6.02. The third-order valence-electron chi connectivity index (χ3n) is 4.92. The Hall–Kier alpha value is -2.21. The topological polar surface area (TPSA) is 53.5 Å². The maximum atomic E-state index is 12.7. The van der Waals surface area contributed by atoms with Crippen molar-refractivity contribution < 1.29 is 9.59 Å². The monoisotopic (exact) mass is 341 g/mol. The molecule has 0 spiro atoms. The highest BCUT2D eigenvalue weighted by atomic mass is 32.1. The van der Waals surface area contributed by atoms with Gasteiger partial charge in [-0.25, -0.2) is 0 Å². The van der Waals surface area contributed by atoms with E-state index >= 15 is 0 Å². The summed E-state index contributed by atoms with van der Waals surface area (Å²) in [4.78, 5) is 33.5. The quantitative estimate of drug-likeness (QED) is 0.862. The van der Waals surface area contributed by atoms with Crippen LogP contribution in [0.4, 0.5) is 0 Å². The van der Waals surface area contributed by atoms with Gasteiger partial charge in [0.25, 0.3) is 5.91 Å². The largest absolute Gasteiger partial charge is 0.333 e. The number of nitrogens with zero attached hydrogens (tertiary/aromatic N) is 3. The smallest absolute Gasteiger partial charge is 0.255 e. The van der Waals surface area contributed by atoms with Crippen molar-refractivity contribution in [2.24, 2.45) is 0 Å². The zero-order valence-corrected chi connectivity index (χ0v) is 14.3. The van der Waals surface area contributed by atoms with Crippen LogP contribution in [-0.4, -0.2) is 45.2 Å². The third kappa shape index (κ3) is 2.60. The lowest BCUT2D eigenvalue weighted by Crippen LogP contribution is -2.39. The Kier molecular flexibility index (Phi) is 3.84. The molecule has 0 bridgehead atoms. The molecule has 2 amide bonds. The SMILES string of the molecule is Cc1cccc(CN2C(=O)C[C@H]3[C@H]2CCN3C(=O)c2ccsc2)n1. The van der Waals surface area contributed by atoms with Crippen LogP contribution in [0, 0.1) is 6.92 Å². The van der Waals surface area contributed by atoms with E-state index in [0.29, 0.717) is 13.0 Å². The lowest BCUT2D eigenvalue weighted by molar-refractivity contribution is -0.129. The third-order valence-corrected chi connectivity index (χ3v) is 5.61. The van der Waals surface area contributed by atoms with E-state index in [1.54, 1.807) is 0 Å². The summed E-state index contributed by atoms with van der Waals surface area (Å²) in [6.07, 6.45) is 1.27. The first-order valence-corrected chi connectivity index (χ1v) is 9.13. The van der Waals surface area contributed by atoms with Crippen LogP contribution in [0.3, 0.4) is 0 Å². The fourth-order valence-electron chi connectivity index (χ4n) is 3.80. The van der Waals surface area contributed by atoms with E-state index in [2.05, 4.69) is 4.98 Å². The number of carbonyl (C=O) groups is 2. The van der Waals surface area contributed by atoms with Crippen LogP contribution in [0.25, 0.3) is 0 Å². The number of thiophene rings is 1. The second-order valence-corrected chi connectivity index (χ2v) is 7.21. The highest BCUT2D eigenvalue weighted by Crippen LogP contribution is 2.34. The Labute approximate surface area is 144 Å². The van der Waals surface area contributed by atoms with Gasteiger partial charge >= 0.3 is 0 Å². The number of hydrogen-bond donors (Lipinski definition) is 0. The molecule has 2 atom stereocenters. The van der Waals surface area contributed by atoms with Crippen LogP contribution in [-0.2, 0) is 11.3 Å². The number of rotatable bonds is 3. The standard InChI is InChI=1S/C18H19N3O2S/c1-12-3-2-4-14(19-12)10-21-15-5-7-20(16(15)9-17(21)22)18(23)13-6-8-24-11-13/h2-4,6,8,11,15-16H,5,7,9-10H2,1H3/t15-,16+/m1/s1. The Balaban J connectivity index is 1.52. The van der Waals surface area contributed by atoms with E-state index in [9.17, 15) is 9.59 Å². The molecule has 0 N–H and O–H groups in total. The van der Waals surface area contributed by atoms with Crippen LogP contribution in [0.1, 0.15) is 34.6 Å². The van der Waals surface area contributed by atoms with Gasteiger partial charge in [0.15, 0.2) is 0 Å². The number of aryl methyl sites for hydroxylation is 1. The molecule has 0 aliphatic carbocycles. The molecule has 2 fully saturated rings. The maximum Gasteiger partial charge on any atom is 0.255 e. The van der Waals surface area contributed by atoms with Gasteiger partial charge < -0.3 is 9.80 Å². The van der Waals surface area contributed by atoms with Gasteiger partial charge in [-0.3, -0.25) is 14.6 Å². The molecular weight excluding hydrogens is 322 g/mol. The lowest BCUT2D eigenvalue weighted by atomic mass is 10.1. The van der Waals surface area contributed by atoms with Gasteiger partial charge in [0.1, 0.15) is 0 Å². The minimum atomic E-state index is -0.00490. The van der Waals surface area contributed by atoms with Crippen molar-refractivity contribution in [1.82, 2.24) is 14.8 Å². The molecule has 0 saturated carbocycles. The average molecular weight is 341 g/mol. The predicted octanol–water partition coefficient (Wildman–Crippen LogP) is 2.47. The Morgan fingerprint density at radius 1 is 1.33 bits per heavy atom. The fourth-order valence-corrected chi connectivity index (χ4v) is 4.43. The first kappa shape index (κ1) is 15.3. The summed E-state index contributed by atoms with van der Waals surface area (Å²) in [5, 5.41) is 3.79. The molecule has 0 radical (unpaired) electrons. The lowest BCUT2D eigenvalue weighted by Gasteiger charge is -2.25. The summed E-state index contributed by atoms with van der Waals surface area (Å²) in [5.74, 6) is 0.170. The molecule has 4 rings (SSSR count). The zero-order chi connectivity index (χ0) is 16.7. The Bertz CT molecular complexity index is 774. The van der Waals surface area contributed by atoms with Gasteiger partial charge in [-0.1, -0.05) is 6.07 Å². The molecule has 0 unspecified atom stereocenters. The number of amides is 2. The Morgan fingerprint density at radius 3 is 2.96 bits per heavy atom. The Morgan fingerprint density at radius 2 is 2.21 bits per heavy atom. The van der Waals surface area contributed by atoms with Gasteiger partial charge in [0.05, 0.1) is 29.9 Å². The molecule has 6 heteroatoms. The molecule has 24 heavy (non-hydrogen) atoms. The van der Waals surface area contributed by atoms with Crippen molar-refractivity contribution in [3.63, 3.8) is 0 Å². The second-order valence-electron chi connectivity index (χ2n) is 6.43. The van der Waals surface area contributed by atoms with Gasteiger partial charge in [0.2, 0.25) is 5.91 Å². The van der Waals surface area contributed by atoms with Gasteiger partial charge in [-0.2, -0.15) is 11.3 Å². The highest BCUT2D eigenvalue weighted by molar-refractivity contribution is 7.08. The van der Waals surface area contributed by atoms with Gasteiger partial charge in [-0.15, -0.1) is 0 Å². The first-order valence-electron chi connectivity index (χ1n) is 8.18. The summed E-state index contributed by atoms with van der Waals surface area (Å²) in [7, 11) is 0. The average Bonchev–Trinajstić information content (AvgIpc) is 3.26. The minimum Gasteiger partial charge on any atom is -0.333 e. The molecule has 124 valence electrons. The summed E-state index contributed by atoms with van der Waals surface area (Å²) in [5.41, 5.74) is 2.59. The maximum absolute atomic E-state index is 12.7. The summed E-state index contributed by atoms with van der Waals surface area (Å²) in [6, 6.07) is 7.84. The number of carbonyl (C=O) groups excluding carboxylic acids is 2. The summed E-state index contributed by atoms with van der Waals surface area (Å²) < 4.78 is 0. The molecule has 2 aliphatic rings. The van der Waals surface area contributed by atoms with Crippen molar-refractivity contribution >= 4 is 23.2 Å². The molecular formula is C18H19N3O2S. The van der Waals surface area contributed by atoms with Crippen LogP contribution < -0.4 is 0 Å². The number of likely N-dealkylation sites (tertiary alicyclic amines) is 2.